The molecule has 0 atom stereocenters. The van der Waals surface area contributed by atoms with Crippen molar-refractivity contribution in [2.45, 2.75) is 46.5 Å². The summed E-state index contributed by atoms with van der Waals surface area (Å²) in [4.78, 5) is 10.8. The number of anilines is 1. The standard InChI is InChI=1S/C21H23N2.C15H12N4O.Ir/c1-15(2)18-11-8-12-19(16(3)4)20(18)23-14-13-22-21(23)17-9-6-5-7-10-17;1-2-18-9-17-19(10-18)13-5-3-4-11-12-8-16-7-6-14(12)20-15(11)13;/h5-9,11-16H,1-4H3;3-4,6-10H,2H2,1H3;/q-1;-2;+3. The van der Waals surface area contributed by atoms with E-state index in [1.807, 2.05) is 60.4 Å². The molecule has 0 N–H and O–H groups in total. The number of para-hydroxylation sites is 1. The van der Waals surface area contributed by atoms with Gasteiger partial charge >= 0.3 is 20.1 Å². The van der Waals surface area contributed by atoms with Crippen LogP contribution in [0.1, 0.15) is 57.6 Å². The number of hydrazone groups is 1. The van der Waals surface area contributed by atoms with Crippen molar-refractivity contribution in [3.63, 3.8) is 0 Å². The molecule has 0 aliphatic carbocycles. The van der Waals surface area contributed by atoms with Gasteiger partial charge in [0.2, 0.25) is 0 Å². The molecule has 0 fully saturated rings. The largest absolute Gasteiger partial charge is 3.00 e. The predicted octanol–water partition coefficient (Wildman–Crippen LogP) is 8.57. The Bertz CT molecular complexity index is 1850. The van der Waals surface area contributed by atoms with Crippen molar-refractivity contribution >= 4 is 34.0 Å². The third kappa shape index (κ3) is 6.05. The monoisotopic (exact) mass is 760 g/mol. The molecule has 0 saturated carbocycles. The number of hydrogen-bond acceptors (Lipinski definition) is 6. The number of imidazole rings is 1. The third-order valence-electron chi connectivity index (χ3n) is 7.56. The van der Waals surface area contributed by atoms with Gasteiger partial charge < -0.3 is 18.9 Å². The van der Waals surface area contributed by atoms with E-state index in [1.165, 1.54) is 16.8 Å². The van der Waals surface area contributed by atoms with Crippen molar-refractivity contribution in [1.82, 2.24) is 19.4 Å². The molecule has 44 heavy (non-hydrogen) atoms. The van der Waals surface area contributed by atoms with Gasteiger partial charge in [0, 0.05) is 41.4 Å². The van der Waals surface area contributed by atoms with Crippen molar-refractivity contribution in [1.29, 1.82) is 0 Å². The van der Waals surface area contributed by atoms with Crippen LogP contribution < -0.4 is 5.01 Å². The van der Waals surface area contributed by atoms with Gasteiger partial charge in [0.1, 0.15) is 5.58 Å². The summed E-state index contributed by atoms with van der Waals surface area (Å²) in [6, 6.07) is 26.9. The first-order valence-electron chi connectivity index (χ1n) is 14.7. The van der Waals surface area contributed by atoms with Crippen LogP contribution in [0.4, 0.5) is 5.69 Å². The van der Waals surface area contributed by atoms with E-state index >= 15 is 0 Å². The van der Waals surface area contributed by atoms with Crippen molar-refractivity contribution < 1.29 is 24.5 Å². The van der Waals surface area contributed by atoms with Crippen LogP contribution in [-0.4, -0.2) is 32.3 Å². The zero-order chi connectivity index (χ0) is 29.9. The van der Waals surface area contributed by atoms with Crippen molar-refractivity contribution in [3.8, 4) is 17.1 Å². The Hall–Kier alpha value is -4.26. The molecular weight excluding hydrogens is 725 g/mol. The van der Waals surface area contributed by atoms with Crippen LogP contribution in [0.2, 0.25) is 0 Å². The van der Waals surface area contributed by atoms with E-state index in [4.69, 9.17) is 4.42 Å². The van der Waals surface area contributed by atoms with Crippen LogP contribution in [0.5, 0.6) is 0 Å². The molecule has 0 amide bonds. The van der Waals surface area contributed by atoms with Gasteiger partial charge in [0.15, 0.2) is 0 Å². The second-order valence-corrected chi connectivity index (χ2v) is 11.1. The fourth-order valence-corrected chi connectivity index (χ4v) is 5.35. The molecular formula is C36H35IrN6O. The predicted molar refractivity (Wildman–Crippen MR) is 174 cm³/mol. The van der Waals surface area contributed by atoms with E-state index in [0.29, 0.717) is 11.8 Å². The van der Waals surface area contributed by atoms with Gasteiger partial charge in [-0.15, -0.1) is 42.6 Å². The van der Waals surface area contributed by atoms with Crippen LogP contribution in [-0.2, 0) is 20.1 Å². The SMILES string of the molecule is CC(C)c1cccc(C(C)C)c1-n1ccnc1-c1[c-]cccc1.CCN1C=NN(c2[c-]ccc3c2oc2ccncc23)[CH-]1.[Ir+3]. The summed E-state index contributed by atoms with van der Waals surface area (Å²) in [7, 11) is 0. The van der Waals surface area contributed by atoms with Gasteiger partial charge in [-0.1, -0.05) is 51.3 Å². The summed E-state index contributed by atoms with van der Waals surface area (Å²) >= 11 is 0. The number of fused-ring (bicyclic) bond motifs is 3. The van der Waals surface area contributed by atoms with Gasteiger partial charge in [-0.3, -0.25) is 9.97 Å². The zero-order valence-corrected chi connectivity index (χ0v) is 27.9. The molecule has 7 rings (SSSR count). The Kier molecular flexibility index (Phi) is 9.62. The summed E-state index contributed by atoms with van der Waals surface area (Å²) < 4.78 is 8.16. The van der Waals surface area contributed by atoms with Crippen LogP contribution >= 0.6 is 0 Å². The maximum atomic E-state index is 5.94. The smallest absolute Gasteiger partial charge is 0.513 e. The number of nitrogens with zero attached hydrogens (tertiary/aromatic N) is 6. The number of pyridine rings is 1. The van der Waals surface area contributed by atoms with Crippen LogP contribution in [0.15, 0.2) is 95.0 Å². The normalized spacial score (nSPS) is 12.7. The van der Waals surface area contributed by atoms with Crippen molar-refractivity contribution in [2.24, 2.45) is 5.10 Å². The molecule has 1 aliphatic rings. The summed E-state index contributed by atoms with van der Waals surface area (Å²) in [5, 5.41) is 8.17. The summed E-state index contributed by atoms with van der Waals surface area (Å²) in [5.74, 6) is 1.86. The minimum atomic E-state index is 0. The second-order valence-electron chi connectivity index (χ2n) is 11.1. The Morgan fingerprint density at radius 2 is 1.68 bits per heavy atom. The average molecular weight is 760 g/mol. The first-order valence-corrected chi connectivity index (χ1v) is 14.7. The van der Waals surface area contributed by atoms with E-state index in [1.54, 1.807) is 17.5 Å². The molecule has 8 heteroatoms. The molecule has 3 aromatic heterocycles. The Morgan fingerprint density at radius 3 is 2.36 bits per heavy atom. The minimum absolute atomic E-state index is 0. The Labute approximate surface area is 272 Å². The molecule has 0 radical (unpaired) electrons. The summed E-state index contributed by atoms with van der Waals surface area (Å²) in [5.41, 5.74) is 7.41. The quantitative estimate of drug-likeness (QED) is 0.159. The fraction of sp³-hybridized carbons (Fsp3) is 0.222. The minimum Gasteiger partial charge on any atom is -0.513 e. The van der Waals surface area contributed by atoms with E-state index in [9.17, 15) is 0 Å². The maximum absolute atomic E-state index is 5.94. The van der Waals surface area contributed by atoms with Gasteiger partial charge in [-0.2, -0.15) is 23.3 Å². The summed E-state index contributed by atoms with van der Waals surface area (Å²) in [6.07, 6.45) is 9.27. The molecule has 4 heterocycles. The first-order chi connectivity index (χ1) is 21.0. The van der Waals surface area contributed by atoms with Crippen LogP contribution in [0.25, 0.3) is 39.0 Å². The van der Waals surface area contributed by atoms with E-state index in [-0.39, 0.29) is 20.1 Å². The molecule has 224 valence electrons. The number of benzene rings is 3. The molecule has 7 nitrogen and oxygen atoms in total. The first kappa shape index (κ1) is 31.2. The third-order valence-corrected chi connectivity index (χ3v) is 7.56. The molecule has 0 unspecified atom stereocenters. The number of rotatable bonds is 6. The fourth-order valence-electron chi connectivity index (χ4n) is 5.35. The van der Waals surface area contributed by atoms with Crippen molar-refractivity contribution in [2.75, 3.05) is 11.6 Å². The maximum Gasteiger partial charge on any atom is 3.00 e. The molecule has 0 spiro atoms. The Balaban J connectivity index is 0.000000172. The molecule has 0 saturated heterocycles. The molecule has 6 aromatic rings. The number of furan rings is 1. The van der Waals surface area contributed by atoms with Crippen molar-refractivity contribution in [3.05, 3.63) is 115 Å². The number of aromatic nitrogens is 3. The molecule has 3 aromatic carbocycles. The Morgan fingerprint density at radius 1 is 0.886 bits per heavy atom. The van der Waals surface area contributed by atoms with E-state index < -0.39 is 0 Å². The topological polar surface area (TPSA) is 62.7 Å². The van der Waals surface area contributed by atoms with Gasteiger partial charge in [-0.05, 0) is 48.2 Å². The van der Waals surface area contributed by atoms with Gasteiger partial charge in [0.05, 0.1) is 12.2 Å². The molecule has 0 bridgehead atoms. The van der Waals surface area contributed by atoms with Gasteiger partial charge in [0.25, 0.3) is 0 Å². The summed E-state index contributed by atoms with van der Waals surface area (Å²) in [6.45, 7) is 13.9. The van der Waals surface area contributed by atoms with Crippen LogP contribution in [0, 0.1) is 18.8 Å². The number of hydrogen-bond donors (Lipinski definition) is 0. The van der Waals surface area contributed by atoms with Gasteiger partial charge in [-0.25, -0.2) is 0 Å². The molecule has 1 aliphatic heterocycles. The average Bonchev–Trinajstić information content (AvgIpc) is 3.80. The van der Waals surface area contributed by atoms with E-state index in [2.05, 4.69) is 96.9 Å². The second kappa shape index (κ2) is 13.6. The zero-order valence-electron chi connectivity index (χ0n) is 25.5. The van der Waals surface area contributed by atoms with Crippen LogP contribution in [0.3, 0.4) is 0 Å². The van der Waals surface area contributed by atoms with E-state index in [0.717, 1.165) is 45.6 Å².